The van der Waals surface area contributed by atoms with E-state index in [1.54, 1.807) is 19.1 Å². The van der Waals surface area contributed by atoms with Gasteiger partial charge in [-0.15, -0.1) is 0 Å². The van der Waals surface area contributed by atoms with Gasteiger partial charge in [0.1, 0.15) is 5.75 Å². The highest BCUT2D eigenvalue weighted by molar-refractivity contribution is 5.83. The van der Waals surface area contributed by atoms with E-state index in [-0.39, 0.29) is 23.1 Å². The molecule has 2 amide bonds. The number of ether oxygens (including phenoxy) is 2. The number of piperidine rings is 1. The van der Waals surface area contributed by atoms with Gasteiger partial charge >= 0.3 is 0 Å². The number of rotatable bonds is 8. The first-order valence-electron chi connectivity index (χ1n) is 10.3. The number of methoxy groups -OCH3 is 2. The van der Waals surface area contributed by atoms with Crippen molar-refractivity contribution in [1.82, 2.24) is 10.2 Å². The van der Waals surface area contributed by atoms with Crippen LogP contribution in [0.3, 0.4) is 0 Å². The lowest BCUT2D eigenvalue weighted by Crippen LogP contribution is -2.48. The summed E-state index contributed by atoms with van der Waals surface area (Å²) in [5.74, 6) is 0.897. The zero-order valence-electron chi connectivity index (χ0n) is 17.0. The van der Waals surface area contributed by atoms with E-state index < -0.39 is 0 Å². The minimum Gasteiger partial charge on any atom is -0.497 e. The van der Waals surface area contributed by atoms with Gasteiger partial charge in [0.05, 0.1) is 19.6 Å². The van der Waals surface area contributed by atoms with Crippen LogP contribution in [0.15, 0.2) is 24.3 Å². The number of carbonyl (C=O) groups excluding carboxylic acids is 2. The number of nitrogens with one attached hydrogen (secondary N) is 1. The fourth-order valence-electron chi connectivity index (χ4n) is 4.51. The van der Waals surface area contributed by atoms with Crippen molar-refractivity contribution in [3.63, 3.8) is 0 Å². The zero-order chi connectivity index (χ0) is 20.0. The van der Waals surface area contributed by atoms with Gasteiger partial charge in [-0.3, -0.25) is 9.59 Å². The molecule has 28 heavy (non-hydrogen) atoms. The van der Waals surface area contributed by atoms with Gasteiger partial charge in [-0.05, 0) is 37.0 Å². The Balaban J connectivity index is 1.61. The Hall–Kier alpha value is -2.08. The van der Waals surface area contributed by atoms with Crippen molar-refractivity contribution in [2.45, 2.75) is 43.9 Å². The van der Waals surface area contributed by atoms with Crippen LogP contribution in [0, 0.1) is 5.92 Å². The van der Waals surface area contributed by atoms with E-state index in [0.29, 0.717) is 39.1 Å². The summed E-state index contributed by atoms with van der Waals surface area (Å²) in [7, 11) is 3.30. The first-order valence-corrected chi connectivity index (χ1v) is 10.3. The maximum atomic E-state index is 12.9. The summed E-state index contributed by atoms with van der Waals surface area (Å²) >= 11 is 0. The van der Waals surface area contributed by atoms with Crippen molar-refractivity contribution >= 4 is 11.8 Å². The minimum absolute atomic E-state index is 0.00214. The number of benzene rings is 1. The van der Waals surface area contributed by atoms with E-state index in [2.05, 4.69) is 17.4 Å². The summed E-state index contributed by atoms with van der Waals surface area (Å²) in [4.78, 5) is 26.7. The van der Waals surface area contributed by atoms with Crippen LogP contribution in [0.1, 0.15) is 44.1 Å². The van der Waals surface area contributed by atoms with E-state index in [1.165, 1.54) is 18.4 Å². The predicted molar refractivity (Wildman–Crippen MR) is 107 cm³/mol. The van der Waals surface area contributed by atoms with E-state index in [9.17, 15) is 9.59 Å². The summed E-state index contributed by atoms with van der Waals surface area (Å²) in [6, 6.07) is 8.25. The molecule has 0 radical (unpaired) electrons. The first kappa shape index (κ1) is 20.6. The van der Waals surface area contributed by atoms with Crippen molar-refractivity contribution in [3.8, 4) is 5.75 Å². The Morgan fingerprint density at radius 2 is 1.93 bits per heavy atom. The number of hydrogen-bond donors (Lipinski definition) is 1. The van der Waals surface area contributed by atoms with Crippen LogP contribution >= 0.6 is 0 Å². The molecule has 3 rings (SSSR count). The number of hydrogen-bond acceptors (Lipinski definition) is 4. The van der Waals surface area contributed by atoms with Gasteiger partial charge in [0, 0.05) is 38.6 Å². The lowest BCUT2D eigenvalue weighted by atomic mass is 9.78. The molecule has 1 saturated heterocycles. The van der Waals surface area contributed by atoms with E-state index in [4.69, 9.17) is 9.47 Å². The molecule has 6 heteroatoms. The third kappa shape index (κ3) is 4.66. The summed E-state index contributed by atoms with van der Waals surface area (Å²) in [6.07, 6.45) is 5.61. The van der Waals surface area contributed by atoms with E-state index in [0.717, 1.165) is 18.6 Å². The summed E-state index contributed by atoms with van der Waals surface area (Å²) in [5.41, 5.74) is 1.27. The summed E-state index contributed by atoms with van der Waals surface area (Å²) in [6.45, 7) is 2.19. The molecule has 0 unspecified atom stereocenters. The molecule has 1 saturated carbocycles. The van der Waals surface area contributed by atoms with Gasteiger partial charge in [0.25, 0.3) is 0 Å². The molecule has 1 heterocycles. The molecule has 154 valence electrons. The average Bonchev–Trinajstić information content (AvgIpc) is 3.21. The SMILES string of the molecule is COCCN1C[C@@H](C(=O)NCC2(c3ccc(OC)cc3)CCCC2)CCC1=O. The molecule has 2 aliphatic rings. The fraction of sp³-hybridized carbons (Fsp3) is 0.636. The molecule has 1 aromatic carbocycles. The topological polar surface area (TPSA) is 67.9 Å². The second kappa shape index (κ2) is 9.41. The third-order valence-electron chi connectivity index (χ3n) is 6.30. The van der Waals surface area contributed by atoms with Crippen LogP contribution in [-0.4, -0.2) is 57.2 Å². The molecule has 1 atom stereocenters. The van der Waals surface area contributed by atoms with Crippen LogP contribution in [0.25, 0.3) is 0 Å². The second-order valence-electron chi connectivity index (χ2n) is 8.00. The zero-order valence-corrected chi connectivity index (χ0v) is 17.0. The van der Waals surface area contributed by atoms with Crippen molar-refractivity contribution in [1.29, 1.82) is 0 Å². The lowest BCUT2D eigenvalue weighted by molar-refractivity contribution is -0.139. The quantitative estimate of drug-likeness (QED) is 0.743. The van der Waals surface area contributed by atoms with Gasteiger partial charge in [-0.25, -0.2) is 0 Å². The largest absolute Gasteiger partial charge is 0.497 e. The number of carbonyl (C=O) groups is 2. The molecule has 1 aliphatic heterocycles. The van der Waals surface area contributed by atoms with Crippen LogP contribution < -0.4 is 10.1 Å². The van der Waals surface area contributed by atoms with Crippen molar-refractivity contribution in [3.05, 3.63) is 29.8 Å². The van der Waals surface area contributed by atoms with Crippen LogP contribution in [0.4, 0.5) is 0 Å². The van der Waals surface area contributed by atoms with Crippen molar-refractivity contribution < 1.29 is 19.1 Å². The second-order valence-corrected chi connectivity index (χ2v) is 8.00. The molecule has 6 nitrogen and oxygen atoms in total. The highest BCUT2D eigenvalue weighted by atomic mass is 16.5. The summed E-state index contributed by atoms with van der Waals surface area (Å²) in [5, 5.41) is 3.21. The maximum absolute atomic E-state index is 12.9. The van der Waals surface area contributed by atoms with Crippen LogP contribution in [-0.2, 0) is 19.7 Å². The third-order valence-corrected chi connectivity index (χ3v) is 6.30. The van der Waals surface area contributed by atoms with Gasteiger partial charge in [0.15, 0.2) is 0 Å². The normalized spacial score (nSPS) is 21.6. The van der Waals surface area contributed by atoms with Gasteiger partial charge in [-0.1, -0.05) is 25.0 Å². The smallest absolute Gasteiger partial charge is 0.224 e. The molecule has 0 spiro atoms. The first-order chi connectivity index (χ1) is 13.6. The van der Waals surface area contributed by atoms with Gasteiger partial charge in [0.2, 0.25) is 11.8 Å². The van der Waals surface area contributed by atoms with Gasteiger partial charge in [-0.2, -0.15) is 0 Å². The maximum Gasteiger partial charge on any atom is 0.224 e. The Morgan fingerprint density at radius 1 is 1.21 bits per heavy atom. The number of likely N-dealkylation sites (tertiary alicyclic amines) is 1. The lowest BCUT2D eigenvalue weighted by Gasteiger charge is -2.34. The standard InChI is InChI=1S/C22H32N2O4/c1-27-14-13-24-15-17(5-10-20(24)25)21(26)23-16-22(11-3-4-12-22)18-6-8-19(28-2)9-7-18/h6-9,17H,3-5,10-16H2,1-2H3,(H,23,26)/t17-/m0/s1. The summed E-state index contributed by atoms with van der Waals surface area (Å²) < 4.78 is 10.4. The Morgan fingerprint density at radius 3 is 2.57 bits per heavy atom. The van der Waals surface area contributed by atoms with Crippen molar-refractivity contribution in [2.24, 2.45) is 5.92 Å². The molecule has 1 aromatic rings. The van der Waals surface area contributed by atoms with E-state index >= 15 is 0 Å². The molecule has 2 fully saturated rings. The Kier molecular flexibility index (Phi) is 6.94. The number of amides is 2. The Bertz CT molecular complexity index is 668. The van der Waals surface area contributed by atoms with Crippen LogP contribution in [0.2, 0.25) is 0 Å². The van der Waals surface area contributed by atoms with Crippen LogP contribution in [0.5, 0.6) is 5.75 Å². The Labute approximate surface area is 167 Å². The fourth-order valence-corrected chi connectivity index (χ4v) is 4.51. The van der Waals surface area contributed by atoms with Gasteiger partial charge < -0.3 is 19.7 Å². The molecule has 0 bridgehead atoms. The molecule has 1 N–H and O–H groups in total. The molecule has 1 aliphatic carbocycles. The number of nitrogens with zero attached hydrogens (tertiary/aromatic N) is 1. The highest BCUT2D eigenvalue weighted by Crippen LogP contribution is 2.41. The highest BCUT2D eigenvalue weighted by Gasteiger charge is 2.37. The van der Waals surface area contributed by atoms with E-state index in [1.807, 2.05) is 12.1 Å². The molecular weight excluding hydrogens is 356 g/mol. The molecule has 0 aromatic heterocycles. The van der Waals surface area contributed by atoms with Crippen molar-refractivity contribution in [2.75, 3.05) is 40.5 Å². The predicted octanol–water partition coefficient (Wildman–Crippen LogP) is 2.51. The minimum atomic E-state index is -0.135. The average molecular weight is 389 g/mol. The monoisotopic (exact) mass is 388 g/mol. The molecular formula is C22H32N2O4.